The van der Waals surface area contributed by atoms with Crippen molar-refractivity contribution in [2.75, 3.05) is 20.3 Å². The first-order valence-corrected chi connectivity index (χ1v) is 10.8. The lowest BCUT2D eigenvalue weighted by Gasteiger charge is -2.31. The van der Waals surface area contributed by atoms with Gasteiger partial charge in [0.15, 0.2) is 6.61 Å². The third-order valence-electron chi connectivity index (χ3n) is 4.77. The fourth-order valence-electron chi connectivity index (χ4n) is 3.05. The molecule has 0 aliphatic rings. The minimum absolute atomic E-state index is 0.171. The van der Waals surface area contributed by atoms with Crippen LogP contribution in [0.25, 0.3) is 0 Å². The summed E-state index contributed by atoms with van der Waals surface area (Å²) in [6, 6.07) is 13.8. The number of halogens is 1. The maximum atomic E-state index is 13.2. The third-order valence-corrected chi connectivity index (χ3v) is 5.08. The fraction of sp³-hybridized carbons (Fsp3) is 0.417. The fourth-order valence-corrected chi connectivity index (χ4v) is 3.24. The Kier molecular flexibility index (Phi) is 9.66. The van der Waals surface area contributed by atoms with Gasteiger partial charge in [0, 0.05) is 13.1 Å². The molecule has 0 aliphatic carbocycles. The largest absolute Gasteiger partial charge is 0.497 e. The van der Waals surface area contributed by atoms with Crippen LogP contribution in [0.15, 0.2) is 48.5 Å². The first-order valence-electron chi connectivity index (χ1n) is 10.4. The van der Waals surface area contributed by atoms with Crippen molar-refractivity contribution in [2.45, 2.75) is 39.8 Å². The van der Waals surface area contributed by atoms with Crippen molar-refractivity contribution in [1.29, 1.82) is 0 Å². The number of ether oxygens (including phenoxy) is 2. The van der Waals surface area contributed by atoms with Gasteiger partial charge in [-0.05, 0) is 42.2 Å². The van der Waals surface area contributed by atoms with Crippen LogP contribution in [0, 0.1) is 5.92 Å². The molecule has 1 N–H and O–H groups in total. The van der Waals surface area contributed by atoms with E-state index in [1.165, 1.54) is 0 Å². The van der Waals surface area contributed by atoms with Gasteiger partial charge in [0.2, 0.25) is 5.91 Å². The van der Waals surface area contributed by atoms with E-state index in [0.717, 1.165) is 11.3 Å². The number of para-hydroxylation sites is 1. The molecule has 0 bridgehead atoms. The molecule has 0 unspecified atom stereocenters. The number of nitrogens with zero attached hydrogens (tertiary/aromatic N) is 1. The van der Waals surface area contributed by atoms with E-state index in [-0.39, 0.29) is 25.0 Å². The standard InChI is InChI=1S/C24H31ClN2O4/c1-5-21(24(29)26-14-17(2)3)27(15-18-10-12-19(30-4)13-11-18)23(28)16-31-22-9-7-6-8-20(22)25/h6-13,17,21H,5,14-16H2,1-4H3,(H,26,29)/t21-/m0/s1. The molecule has 6 nitrogen and oxygen atoms in total. The topological polar surface area (TPSA) is 67.9 Å². The maximum Gasteiger partial charge on any atom is 0.261 e. The molecule has 2 aromatic rings. The smallest absolute Gasteiger partial charge is 0.261 e. The Morgan fingerprint density at radius 2 is 1.77 bits per heavy atom. The molecule has 0 spiro atoms. The molecule has 0 saturated heterocycles. The molecule has 2 amide bonds. The van der Waals surface area contributed by atoms with Crippen LogP contribution < -0.4 is 14.8 Å². The van der Waals surface area contributed by atoms with Crippen LogP contribution in [0.2, 0.25) is 5.02 Å². The van der Waals surface area contributed by atoms with Crippen LogP contribution in [0.5, 0.6) is 11.5 Å². The van der Waals surface area contributed by atoms with E-state index in [1.54, 1.807) is 36.3 Å². The molecule has 0 saturated carbocycles. The summed E-state index contributed by atoms with van der Waals surface area (Å²) in [6.07, 6.45) is 0.484. The van der Waals surface area contributed by atoms with Crippen molar-refractivity contribution >= 4 is 23.4 Å². The van der Waals surface area contributed by atoms with Gasteiger partial charge in [-0.2, -0.15) is 0 Å². The zero-order valence-corrected chi connectivity index (χ0v) is 19.3. The highest BCUT2D eigenvalue weighted by atomic mass is 35.5. The van der Waals surface area contributed by atoms with Crippen molar-refractivity contribution in [1.82, 2.24) is 10.2 Å². The molecule has 168 valence electrons. The Hall–Kier alpha value is -2.73. The lowest BCUT2D eigenvalue weighted by atomic mass is 10.1. The average molecular weight is 447 g/mol. The third kappa shape index (κ3) is 7.47. The van der Waals surface area contributed by atoms with Gasteiger partial charge in [0.25, 0.3) is 5.91 Å². The normalized spacial score (nSPS) is 11.7. The number of hydrogen-bond donors (Lipinski definition) is 1. The summed E-state index contributed by atoms with van der Waals surface area (Å²) in [5, 5.41) is 3.37. The summed E-state index contributed by atoms with van der Waals surface area (Å²) < 4.78 is 10.9. The number of rotatable bonds is 11. The molecular weight excluding hydrogens is 416 g/mol. The SMILES string of the molecule is CC[C@@H](C(=O)NCC(C)C)N(Cc1ccc(OC)cc1)C(=O)COc1ccccc1Cl. The van der Waals surface area contributed by atoms with Crippen molar-refractivity contribution in [3.63, 3.8) is 0 Å². The quantitative estimate of drug-likeness (QED) is 0.558. The van der Waals surface area contributed by atoms with E-state index in [4.69, 9.17) is 21.1 Å². The number of methoxy groups -OCH3 is 1. The first-order chi connectivity index (χ1) is 14.8. The van der Waals surface area contributed by atoms with Crippen LogP contribution in [0.3, 0.4) is 0 Å². The van der Waals surface area contributed by atoms with Crippen molar-refractivity contribution < 1.29 is 19.1 Å². The zero-order valence-electron chi connectivity index (χ0n) is 18.6. The molecule has 1 atom stereocenters. The highest BCUT2D eigenvalue weighted by Gasteiger charge is 2.29. The molecule has 31 heavy (non-hydrogen) atoms. The number of benzene rings is 2. The molecule has 0 aromatic heterocycles. The van der Waals surface area contributed by atoms with Gasteiger partial charge in [0.1, 0.15) is 17.5 Å². The predicted molar refractivity (Wildman–Crippen MR) is 122 cm³/mol. The molecular formula is C24H31ClN2O4. The van der Waals surface area contributed by atoms with E-state index >= 15 is 0 Å². The van der Waals surface area contributed by atoms with Gasteiger partial charge in [-0.3, -0.25) is 9.59 Å². The summed E-state index contributed by atoms with van der Waals surface area (Å²) in [5.74, 6) is 1.01. The number of hydrogen-bond acceptors (Lipinski definition) is 4. The number of carbonyl (C=O) groups excluding carboxylic acids is 2. The summed E-state index contributed by atoms with van der Waals surface area (Å²) in [5.41, 5.74) is 0.891. The highest BCUT2D eigenvalue weighted by Crippen LogP contribution is 2.23. The van der Waals surface area contributed by atoms with Gasteiger partial charge in [-0.15, -0.1) is 0 Å². The van der Waals surface area contributed by atoms with Crippen LogP contribution in [0.4, 0.5) is 0 Å². The maximum absolute atomic E-state index is 13.2. The minimum Gasteiger partial charge on any atom is -0.497 e. The van der Waals surface area contributed by atoms with Crippen molar-refractivity contribution in [2.24, 2.45) is 5.92 Å². The Morgan fingerprint density at radius 3 is 2.35 bits per heavy atom. The minimum atomic E-state index is -0.608. The summed E-state index contributed by atoms with van der Waals surface area (Å²) in [7, 11) is 1.60. The van der Waals surface area contributed by atoms with Crippen molar-refractivity contribution in [3.05, 3.63) is 59.1 Å². The Bertz CT molecular complexity index is 855. The van der Waals surface area contributed by atoms with Gasteiger partial charge >= 0.3 is 0 Å². The predicted octanol–water partition coefficient (Wildman–Crippen LogP) is 4.31. The van der Waals surface area contributed by atoms with E-state index < -0.39 is 6.04 Å². The van der Waals surface area contributed by atoms with Crippen LogP contribution in [-0.4, -0.2) is 43.0 Å². The Labute approximate surface area is 189 Å². The Balaban J connectivity index is 2.20. The highest BCUT2D eigenvalue weighted by molar-refractivity contribution is 6.32. The average Bonchev–Trinajstić information content (AvgIpc) is 2.77. The summed E-state index contributed by atoms with van der Waals surface area (Å²) >= 11 is 6.13. The zero-order chi connectivity index (χ0) is 22.8. The van der Waals surface area contributed by atoms with E-state index in [0.29, 0.717) is 29.7 Å². The van der Waals surface area contributed by atoms with Gasteiger partial charge < -0.3 is 19.7 Å². The van der Waals surface area contributed by atoms with E-state index in [2.05, 4.69) is 5.32 Å². The molecule has 2 rings (SSSR count). The molecule has 0 aliphatic heterocycles. The van der Waals surface area contributed by atoms with Gasteiger partial charge in [-0.25, -0.2) is 0 Å². The van der Waals surface area contributed by atoms with Gasteiger partial charge in [-0.1, -0.05) is 56.6 Å². The molecule has 7 heteroatoms. The lowest BCUT2D eigenvalue weighted by Crippen LogP contribution is -2.50. The van der Waals surface area contributed by atoms with E-state index in [9.17, 15) is 9.59 Å². The second-order valence-corrected chi connectivity index (χ2v) is 8.06. The van der Waals surface area contributed by atoms with Gasteiger partial charge in [0.05, 0.1) is 12.1 Å². The second kappa shape index (κ2) is 12.2. The number of amides is 2. The molecule has 0 fully saturated rings. The van der Waals surface area contributed by atoms with Crippen LogP contribution >= 0.6 is 11.6 Å². The number of carbonyl (C=O) groups is 2. The molecule has 0 heterocycles. The van der Waals surface area contributed by atoms with E-state index in [1.807, 2.05) is 45.0 Å². The van der Waals surface area contributed by atoms with Crippen LogP contribution in [-0.2, 0) is 16.1 Å². The molecule has 2 aromatic carbocycles. The first kappa shape index (κ1) is 24.5. The van der Waals surface area contributed by atoms with Crippen molar-refractivity contribution in [3.8, 4) is 11.5 Å². The monoisotopic (exact) mass is 446 g/mol. The number of nitrogens with one attached hydrogen (secondary N) is 1. The molecule has 0 radical (unpaired) electrons. The lowest BCUT2D eigenvalue weighted by molar-refractivity contribution is -0.143. The van der Waals surface area contributed by atoms with Crippen LogP contribution in [0.1, 0.15) is 32.8 Å². The summed E-state index contributed by atoms with van der Waals surface area (Å²) in [6.45, 7) is 6.56. The Morgan fingerprint density at radius 1 is 1.10 bits per heavy atom. The second-order valence-electron chi connectivity index (χ2n) is 7.65. The summed E-state index contributed by atoms with van der Waals surface area (Å²) in [4.78, 5) is 27.6.